The monoisotopic (exact) mass is 410 g/mol. The van der Waals surface area contributed by atoms with Crippen molar-refractivity contribution in [1.82, 2.24) is 14.8 Å². The maximum Gasteiger partial charge on any atom is 0.257 e. The number of anilines is 1. The summed E-state index contributed by atoms with van der Waals surface area (Å²) >= 11 is 0. The van der Waals surface area contributed by atoms with Crippen molar-refractivity contribution in [1.29, 1.82) is 0 Å². The number of ether oxygens (including phenoxy) is 1. The summed E-state index contributed by atoms with van der Waals surface area (Å²) in [6.07, 6.45) is 8.97. The zero-order chi connectivity index (χ0) is 20.4. The van der Waals surface area contributed by atoms with Gasteiger partial charge in [0.25, 0.3) is 5.91 Å². The second-order valence-corrected chi connectivity index (χ2v) is 8.69. The third-order valence-electron chi connectivity index (χ3n) is 7.00. The molecule has 0 aromatic carbocycles. The molecule has 0 aliphatic carbocycles. The van der Waals surface area contributed by atoms with E-state index in [0.717, 1.165) is 77.4 Å². The summed E-state index contributed by atoms with van der Waals surface area (Å²) in [5, 5.41) is 0. The van der Waals surface area contributed by atoms with Crippen LogP contribution in [-0.2, 0) is 4.74 Å². The van der Waals surface area contributed by atoms with Crippen LogP contribution in [0.15, 0.2) is 47.4 Å². The van der Waals surface area contributed by atoms with E-state index in [4.69, 9.17) is 9.15 Å². The molecule has 1 unspecified atom stereocenters. The van der Waals surface area contributed by atoms with Gasteiger partial charge in [0, 0.05) is 58.1 Å². The molecular weight excluding hydrogens is 380 g/mol. The van der Waals surface area contributed by atoms with Crippen LogP contribution in [0.5, 0.6) is 0 Å². The Morgan fingerprint density at radius 2 is 1.90 bits per heavy atom. The SMILES string of the molecule is O=C(c1ccoc1)N1CCC2(CC1)CC(N1CCN(c3ccccn3)CC1)CCO2. The van der Waals surface area contributed by atoms with E-state index in [1.165, 1.54) is 6.26 Å². The number of piperazine rings is 1. The molecule has 30 heavy (non-hydrogen) atoms. The second-order valence-electron chi connectivity index (χ2n) is 8.69. The molecule has 2 aromatic rings. The molecule has 0 N–H and O–H groups in total. The van der Waals surface area contributed by atoms with Crippen molar-refractivity contribution in [2.24, 2.45) is 0 Å². The van der Waals surface area contributed by atoms with Crippen molar-refractivity contribution < 1.29 is 13.9 Å². The highest BCUT2D eigenvalue weighted by atomic mass is 16.5. The fourth-order valence-electron chi connectivity index (χ4n) is 5.21. The predicted octanol–water partition coefficient (Wildman–Crippen LogP) is 2.65. The normalized spacial score (nSPS) is 24.9. The summed E-state index contributed by atoms with van der Waals surface area (Å²) in [6, 6.07) is 8.43. The number of pyridine rings is 1. The van der Waals surface area contributed by atoms with Gasteiger partial charge in [0.05, 0.1) is 17.4 Å². The zero-order valence-corrected chi connectivity index (χ0v) is 17.4. The summed E-state index contributed by atoms with van der Waals surface area (Å²) in [6.45, 7) is 6.52. The minimum absolute atomic E-state index is 0.0663. The summed E-state index contributed by atoms with van der Waals surface area (Å²) < 4.78 is 11.4. The highest BCUT2D eigenvalue weighted by Gasteiger charge is 2.43. The molecule has 0 saturated carbocycles. The number of carbonyl (C=O) groups is 1. The van der Waals surface area contributed by atoms with E-state index in [9.17, 15) is 4.79 Å². The lowest BCUT2D eigenvalue weighted by Gasteiger charge is -2.49. The number of hydrogen-bond acceptors (Lipinski definition) is 6. The second kappa shape index (κ2) is 8.40. The molecular formula is C23H30N4O3. The molecule has 0 radical (unpaired) electrons. The Morgan fingerprint density at radius 1 is 1.07 bits per heavy atom. The molecule has 160 valence electrons. The highest BCUT2D eigenvalue weighted by molar-refractivity contribution is 5.93. The van der Waals surface area contributed by atoms with Gasteiger partial charge in [0.15, 0.2) is 0 Å². The van der Waals surface area contributed by atoms with E-state index in [0.29, 0.717) is 11.6 Å². The molecule has 5 heterocycles. The molecule has 3 fully saturated rings. The Kier molecular flexibility index (Phi) is 5.48. The van der Waals surface area contributed by atoms with Gasteiger partial charge < -0.3 is 19.0 Å². The van der Waals surface area contributed by atoms with Crippen molar-refractivity contribution in [3.8, 4) is 0 Å². The first-order valence-corrected chi connectivity index (χ1v) is 11.1. The topological polar surface area (TPSA) is 62.1 Å². The largest absolute Gasteiger partial charge is 0.472 e. The lowest BCUT2D eigenvalue weighted by atomic mass is 9.81. The Labute approximate surface area is 177 Å². The van der Waals surface area contributed by atoms with Gasteiger partial charge in [-0.15, -0.1) is 0 Å². The summed E-state index contributed by atoms with van der Waals surface area (Å²) in [7, 11) is 0. The van der Waals surface area contributed by atoms with Crippen LogP contribution in [0, 0.1) is 0 Å². The van der Waals surface area contributed by atoms with Gasteiger partial charge in [-0.1, -0.05) is 6.07 Å². The summed E-state index contributed by atoms with van der Waals surface area (Å²) in [5.74, 6) is 1.15. The van der Waals surface area contributed by atoms with Crippen molar-refractivity contribution >= 4 is 11.7 Å². The molecule has 1 amide bonds. The Hall–Kier alpha value is -2.38. The average Bonchev–Trinajstić information content (AvgIpc) is 3.35. The molecule has 3 aliphatic heterocycles. The van der Waals surface area contributed by atoms with Gasteiger partial charge in [0.1, 0.15) is 12.1 Å². The number of aromatic nitrogens is 1. The molecule has 3 aliphatic rings. The fraction of sp³-hybridized carbons (Fsp3) is 0.565. The molecule has 5 rings (SSSR count). The molecule has 3 saturated heterocycles. The van der Waals surface area contributed by atoms with E-state index in [1.807, 2.05) is 17.2 Å². The van der Waals surface area contributed by atoms with Crippen molar-refractivity contribution in [2.45, 2.75) is 37.3 Å². The molecule has 1 atom stereocenters. The first-order valence-electron chi connectivity index (χ1n) is 11.1. The van der Waals surface area contributed by atoms with Crippen LogP contribution in [0.4, 0.5) is 5.82 Å². The third kappa shape index (κ3) is 3.96. The van der Waals surface area contributed by atoms with E-state index in [1.54, 1.807) is 12.3 Å². The smallest absolute Gasteiger partial charge is 0.257 e. The van der Waals surface area contributed by atoms with E-state index < -0.39 is 0 Å². The Balaban J connectivity index is 1.15. The fourth-order valence-corrected chi connectivity index (χ4v) is 5.21. The zero-order valence-electron chi connectivity index (χ0n) is 17.4. The van der Waals surface area contributed by atoms with Gasteiger partial charge in [-0.25, -0.2) is 4.98 Å². The lowest BCUT2D eigenvalue weighted by molar-refractivity contribution is -0.130. The van der Waals surface area contributed by atoms with E-state index in [2.05, 4.69) is 26.9 Å². The Morgan fingerprint density at radius 3 is 2.60 bits per heavy atom. The van der Waals surface area contributed by atoms with Gasteiger partial charge in [-0.2, -0.15) is 0 Å². The first kappa shape index (κ1) is 19.6. The van der Waals surface area contributed by atoms with Crippen molar-refractivity contribution in [3.63, 3.8) is 0 Å². The van der Waals surface area contributed by atoms with Crippen molar-refractivity contribution in [3.05, 3.63) is 48.6 Å². The number of likely N-dealkylation sites (tertiary alicyclic amines) is 1. The number of carbonyl (C=O) groups excluding carboxylic acids is 1. The quantitative estimate of drug-likeness (QED) is 0.775. The van der Waals surface area contributed by atoms with Crippen LogP contribution < -0.4 is 4.90 Å². The number of piperidine rings is 1. The number of nitrogens with zero attached hydrogens (tertiary/aromatic N) is 4. The molecule has 1 spiro atoms. The molecule has 0 bridgehead atoms. The van der Waals surface area contributed by atoms with Crippen LogP contribution in [0.3, 0.4) is 0 Å². The summed E-state index contributed by atoms with van der Waals surface area (Å²) in [5.41, 5.74) is 0.563. The van der Waals surface area contributed by atoms with Gasteiger partial charge in [0.2, 0.25) is 0 Å². The predicted molar refractivity (Wildman–Crippen MR) is 114 cm³/mol. The number of amides is 1. The van der Waals surface area contributed by atoms with Crippen molar-refractivity contribution in [2.75, 3.05) is 50.8 Å². The first-order chi connectivity index (χ1) is 14.7. The van der Waals surface area contributed by atoms with Gasteiger partial charge >= 0.3 is 0 Å². The number of rotatable bonds is 3. The maximum absolute atomic E-state index is 12.6. The van der Waals surface area contributed by atoms with Crippen LogP contribution in [0.2, 0.25) is 0 Å². The molecule has 7 heteroatoms. The van der Waals surface area contributed by atoms with Crippen LogP contribution in [0.1, 0.15) is 36.0 Å². The van der Waals surface area contributed by atoms with E-state index in [-0.39, 0.29) is 11.5 Å². The minimum atomic E-state index is -0.0752. The molecule has 2 aromatic heterocycles. The minimum Gasteiger partial charge on any atom is -0.472 e. The average molecular weight is 411 g/mol. The lowest BCUT2D eigenvalue weighted by Crippen LogP contribution is -2.57. The van der Waals surface area contributed by atoms with Crippen LogP contribution in [-0.4, -0.2) is 78.2 Å². The van der Waals surface area contributed by atoms with Crippen LogP contribution >= 0.6 is 0 Å². The standard InChI is InChI=1S/C23H30N4O3/c28-22(19-4-15-29-18-19)27-9-6-23(7-10-27)17-20(5-16-30-23)25-11-13-26(14-12-25)21-3-1-2-8-24-21/h1-4,8,15,18,20H,5-7,9-14,16-17H2. The maximum atomic E-state index is 12.6. The summed E-state index contributed by atoms with van der Waals surface area (Å²) in [4.78, 5) is 24.1. The van der Waals surface area contributed by atoms with Crippen LogP contribution in [0.25, 0.3) is 0 Å². The van der Waals surface area contributed by atoms with Gasteiger partial charge in [-0.3, -0.25) is 9.69 Å². The van der Waals surface area contributed by atoms with Gasteiger partial charge in [-0.05, 0) is 43.9 Å². The molecule has 7 nitrogen and oxygen atoms in total. The number of furan rings is 1. The Bertz CT molecular complexity index is 825. The number of hydrogen-bond donors (Lipinski definition) is 0. The van der Waals surface area contributed by atoms with E-state index >= 15 is 0 Å². The highest BCUT2D eigenvalue weighted by Crippen LogP contribution is 2.37. The third-order valence-corrected chi connectivity index (χ3v) is 7.00.